The first-order valence-electron chi connectivity index (χ1n) is 15.3. The lowest BCUT2D eigenvalue weighted by Crippen LogP contribution is -2.53. The van der Waals surface area contributed by atoms with Crippen molar-refractivity contribution in [3.63, 3.8) is 0 Å². The predicted octanol–water partition coefficient (Wildman–Crippen LogP) is 6.78. The van der Waals surface area contributed by atoms with E-state index in [2.05, 4.69) is 108 Å². The first-order chi connectivity index (χ1) is 21.1. The molecule has 0 radical (unpaired) electrons. The second-order valence-electron chi connectivity index (χ2n) is 11.8. The third kappa shape index (κ3) is 5.19. The van der Waals surface area contributed by atoms with Crippen molar-refractivity contribution in [1.82, 2.24) is 14.8 Å². The Hall–Kier alpha value is -4.48. The highest BCUT2D eigenvalue weighted by molar-refractivity contribution is 5.87. The number of pyridine rings is 1. The summed E-state index contributed by atoms with van der Waals surface area (Å²) in [5.41, 5.74) is 7.40. The number of carbonyl (C=O) groups excluding carboxylic acids is 1. The van der Waals surface area contributed by atoms with Gasteiger partial charge >= 0.3 is 0 Å². The lowest BCUT2D eigenvalue weighted by atomic mass is 9.85. The molecule has 0 unspecified atom stereocenters. The quantitative estimate of drug-likeness (QED) is 0.218. The molecule has 1 aliphatic heterocycles. The van der Waals surface area contributed by atoms with E-state index in [1.807, 2.05) is 18.2 Å². The number of ether oxygens (including phenoxy) is 1. The highest BCUT2D eigenvalue weighted by Gasteiger charge is 2.39. The van der Waals surface area contributed by atoms with Crippen LogP contribution in [0.25, 0.3) is 10.8 Å². The molecule has 0 N–H and O–H groups in total. The zero-order chi connectivity index (χ0) is 29.3. The van der Waals surface area contributed by atoms with Crippen molar-refractivity contribution < 1.29 is 9.53 Å². The summed E-state index contributed by atoms with van der Waals surface area (Å²) in [6, 6.07) is 38.0. The van der Waals surface area contributed by atoms with Crippen LogP contribution in [0, 0.1) is 0 Å². The molecule has 0 spiro atoms. The monoisotopic (exact) mass is 567 g/mol. The molecule has 1 amide bonds. The lowest BCUT2D eigenvalue weighted by molar-refractivity contribution is -0.140. The van der Waals surface area contributed by atoms with Gasteiger partial charge in [-0.3, -0.25) is 9.69 Å². The van der Waals surface area contributed by atoms with Gasteiger partial charge in [-0.2, -0.15) is 0 Å². The molecule has 0 fully saturated rings. The number of amides is 1. The number of benzene rings is 4. The Morgan fingerprint density at radius 3 is 2.28 bits per heavy atom. The molecule has 0 saturated heterocycles. The van der Waals surface area contributed by atoms with Gasteiger partial charge in [0.1, 0.15) is 0 Å². The third-order valence-corrected chi connectivity index (χ3v) is 9.37. The predicted molar refractivity (Wildman–Crippen MR) is 171 cm³/mol. The van der Waals surface area contributed by atoms with Crippen LogP contribution in [0.3, 0.4) is 0 Å². The van der Waals surface area contributed by atoms with Crippen LogP contribution in [0.15, 0.2) is 109 Å². The largest absolute Gasteiger partial charge is 0.481 e. The van der Waals surface area contributed by atoms with Crippen LogP contribution in [-0.4, -0.2) is 46.4 Å². The van der Waals surface area contributed by atoms with Crippen molar-refractivity contribution in [2.24, 2.45) is 0 Å². The molecule has 5 aromatic rings. The number of fused-ring (bicyclic) bond motifs is 3. The molecule has 4 aromatic carbocycles. The maximum atomic E-state index is 14.8. The fraction of sp³-hybridized carbons (Fsp3) is 0.263. The van der Waals surface area contributed by atoms with E-state index in [1.165, 1.54) is 38.6 Å². The molecule has 2 aliphatic rings. The molecule has 5 nitrogen and oxygen atoms in total. The van der Waals surface area contributed by atoms with E-state index in [0.29, 0.717) is 12.4 Å². The zero-order valence-electron chi connectivity index (χ0n) is 24.8. The van der Waals surface area contributed by atoms with Gasteiger partial charge in [-0.25, -0.2) is 4.98 Å². The summed E-state index contributed by atoms with van der Waals surface area (Å²) in [5, 5.41) is 2.46. The van der Waals surface area contributed by atoms with Crippen LogP contribution in [-0.2, 0) is 30.6 Å². The van der Waals surface area contributed by atoms with Crippen LogP contribution in [0.2, 0.25) is 0 Å². The Balaban J connectivity index is 1.27. The highest BCUT2D eigenvalue weighted by atomic mass is 16.5. The minimum atomic E-state index is -0.327. The van der Waals surface area contributed by atoms with E-state index in [4.69, 9.17) is 9.72 Å². The average Bonchev–Trinajstić information content (AvgIpc) is 3.50. The first-order valence-corrected chi connectivity index (χ1v) is 15.3. The Kier molecular flexibility index (Phi) is 7.42. The van der Waals surface area contributed by atoms with Crippen molar-refractivity contribution in [3.05, 3.63) is 143 Å². The topological polar surface area (TPSA) is 45.7 Å². The van der Waals surface area contributed by atoms with Crippen molar-refractivity contribution in [2.45, 2.75) is 50.9 Å². The smallest absolute Gasteiger partial charge is 0.240 e. The van der Waals surface area contributed by atoms with E-state index in [1.54, 1.807) is 7.11 Å². The van der Waals surface area contributed by atoms with Gasteiger partial charge in [-0.05, 0) is 70.8 Å². The summed E-state index contributed by atoms with van der Waals surface area (Å²) in [6.07, 6.45) is 2.63. The number of methoxy groups -OCH3 is 1. The minimum absolute atomic E-state index is 0.0208. The van der Waals surface area contributed by atoms with Gasteiger partial charge in [0.2, 0.25) is 11.8 Å². The average molecular weight is 568 g/mol. The van der Waals surface area contributed by atoms with E-state index in [-0.39, 0.29) is 24.0 Å². The highest BCUT2D eigenvalue weighted by Crippen LogP contribution is 2.40. The fourth-order valence-corrected chi connectivity index (χ4v) is 7.20. The van der Waals surface area contributed by atoms with Crippen molar-refractivity contribution in [3.8, 4) is 5.88 Å². The SMILES string of the molecule is COc1cccc(CN(C(=O)[C@H](C)N2CCc3ccccc3[C@@H]2c2cccc3ccccc23)C2Cc3ccccc3C2)n1. The van der Waals surface area contributed by atoms with Crippen LogP contribution >= 0.6 is 0 Å². The van der Waals surface area contributed by atoms with Crippen LogP contribution in [0.4, 0.5) is 0 Å². The molecule has 43 heavy (non-hydrogen) atoms. The van der Waals surface area contributed by atoms with Gasteiger partial charge in [-0.1, -0.05) is 97.1 Å². The summed E-state index contributed by atoms with van der Waals surface area (Å²) >= 11 is 0. The molecule has 2 heterocycles. The van der Waals surface area contributed by atoms with E-state index in [0.717, 1.165) is 31.5 Å². The number of aromatic nitrogens is 1. The Labute approximate surface area is 253 Å². The molecule has 216 valence electrons. The summed E-state index contributed by atoms with van der Waals surface area (Å²) in [7, 11) is 1.63. The van der Waals surface area contributed by atoms with Gasteiger partial charge in [-0.15, -0.1) is 0 Å². The maximum absolute atomic E-state index is 14.8. The van der Waals surface area contributed by atoms with Gasteiger partial charge in [0, 0.05) is 18.7 Å². The maximum Gasteiger partial charge on any atom is 0.240 e. The molecule has 7 rings (SSSR count). The summed E-state index contributed by atoms with van der Waals surface area (Å²) in [6.45, 7) is 3.36. The second kappa shape index (κ2) is 11.7. The third-order valence-electron chi connectivity index (χ3n) is 9.37. The molecule has 1 aliphatic carbocycles. The number of rotatable bonds is 7. The molecular formula is C38H37N3O2. The van der Waals surface area contributed by atoms with Crippen LogP contribution in [0.5, 0.6) is 5.88 Å². The number of hydrogen-bond donors (Lipinski definition) is 0. The van der Waals surface area contributed by atoms with Crippen LogP contribution < -0.4 is 4.74 Å². The standard InChI is InChI=1S/C38H37N3O2/c1-26(38(42)41(25-31-16-10-20-36(39-31)43-2)32-23-29-13-3-4-14-30(29)24-32)40-22-21-28-12-6-8-18-34(28)37(40)35-19-9-15-27-11-5-7-17-33(27)35/h3-20,26,32,37H,21-25H2,1-2H3/t26-,37+/m0/s1. The van der Waals surface area contributed by atoms with Crippen LogP contribution in [0.1, 0.15) is 46.5 Å². The summed E-state index contributed by atoms with van der Waals surface area (Å²) < 4.78 is 5.42. The Morgan fingerprint density at radius 2 is 1.49 bits per heavy atom. The summed E-state index contributed by atoms with van der Waals surface area (Å²) in [4.78, 5) is 24.0. The Bertz CT molecular complexity index is 1750. The molecule has 2 atom stereocenters. The van der Waals surface area contributed by atoms with E-state index >= 15 is 0 Å². The lowest BCUT2D eigenvalue weighted by Gasteiger charge is -2.43. The van der Waals surface area contributed by atoms with Gasteiger partial charge in [0.05, 0.1) is 31.4 Å². The van der Waals surface area contributed by atoms with Crippen molar-refractivity contribution >= 4 is 16.7 Å². The summed E-state index contributed by atoms with van der Waals surface area (Å²) in [5.74, 6) is 0.711. The first kappa shape index (κ1) is 27.4. The molecule has 0 bridgehead atoms. The molecular weight excluding hydrogens is 530 g/mol. The number of nitrogens with zero attached hydrogens (tertiary/aromatic N) is 3. The Morgan fingerprint density at radius 1 is 0.837 bits per heavy atom. The van der Waals surface area contributed by atoms with E-state index < -0.39 is 0 Å². The minimum Gasteiger partial charge on any atom is -0.481 e. The fourth-order valence-electron chi connectivity index (χ4n) is 7.20. The van der Waals surface area contributed by atoms with Gasteiger partial charge < -0.3 is 9.64 Å². The molecule has 5 heteroatoms. The van der Waals surface area contributed by atoms with E-state index in [9.17, 15) is 4.79 Å². The van der Waals surface area contributed by atoms with Crippen molar-refractivity contribution in [2.75, 3.05) is 13.7 Å². The number of hydrogen-bond acceptors (Lipinski definition) is 4. The molecule has 1 aromatic heterocycles. The normalized spacial score (nSPS) is 17.3. The van der Waals surface area contributed by atoms with Gasteiger partial charge in [0.15, 0.2) is 0 Å². The molecule has 0 saturated carbocycles. The zero-order valence-corrected chi connectivity index (χ0v) is 24.8. The van der Waals surface area contributed by atoms with Crippen molar-refractivity contribution in [1.29, 1.82) is 0 Å². The van der Waals surface area contributed by atoms with Gasteiger partial charge in [0.25, 0.3) is 0 Å². The second-order valence-corrected chi connectivity index (χ2v) is 11.8. The number of carbonyl (C=O) groups is 1.